The molecule has 0 spiro atoms. The number of carbonyl (C=O) groups is 2. The third kappa shape index (κ3) is 17.7. The fourth-order valence-corrected chi connectivity index (χ4v) is 6.29. The molecule has 0 heterocycles. The van der Waals surface area contributed by atoms with E-state index in [4.69, 9.17) is 17.2 Å². The molecule has 2 aromatic rings. The largest absolute Gasteiger partial charge is 0.399 e. The van der Waals surface area contributed by atoms with Gasteiger partial charge < -0.3 is 17.2 Å². The summed E-state index contributed by atoms with van der Waals surface area (Å²) in [6.07, 6.45) is 19.2. The van der Waals surface area contributed by atoms with Crippen LogP contribution in [-0.4, -0.2) is 28.8 Å². The van der Waals surface area contributed by atoms with Gasteiger partial charge in [0.1, 0.15) is 0 Å². The molecule has 0 bridgehead atoms. The van der Waals surface area contributed by atoms with Gasteiger partial charge in [-0.25, -0.2) is 31.1 Å². The van der Waals surface area contributed by atoms with Crippen molar-refractivity contribution in [3.8, 4) is 0 Å². The van der Waals surface area contributed by atoms with E-state index in [1.54, 1.807) is 4.72 Å². The number of hydrogen-bond acceptors (Lipinski definition) is 8. The van der Waals surface area contributed by atoms with Crippen LogP contribution in [-0.2, 0) is 24.8 Å². The first-order chi connectivity index (χ1) is 20.9. The molecule has 0 aliphatic rings. The highest BCUT2D eigenvalue weighted by atomic mass is 32.2. The van der Waals surface area contributed by atoms with Crippen LogP contribution >= 0.6 is 0 Å². The molecule has 2 rings (SSSR count). The lowest BCUT2D eigenvalue weighted by atomic mass is 10.0. The van der Waals surface area contributed by atoms with Crippen molar-refractivity contribution in [3.05, 3.63) is 48.5 Å². The van der Waals surface area contributed by atoms with E-state index in [9.17, 15) is 26.4 Å². The average molecular weight is 654 g/mol. The van der Waals surface area contributed by atoms with Gasteiger partial charge in [0.05, 0.1) is 9.79 Å². The molecule has 0 fully saturated rings. The molecule has 0 aromatic heterocycles. The summed E-state index contributed by atoms with van der Waals surface area (Å²) in [5, 5.41) is 0. The smallest absolute Gasteiger partial charge is 0.326 e. The summed E-state index contributed by atoms with van der Waals surface area (Å²) in [6, 6.07) is 10.1. The van der Waals surface area contributed by atoms with Gasteiger partial charge in [0.25, 0.3) is 20.0 Å². The van der Waals surface area contributed by atoms with Gasteiger partial charge in [-0.2, -0.15) is 0 Å². The summed E-state index contributed by atoms with van der Waals surface area (Å²) in [6.45, 7) is 2.26. The Labute approximate surface area is 263 Å². The first-order valence-corrected chi connectivity index (χ1v) is 18.4. The minimum Gasteiger partial charge on any atom is -0.399 e. The van der Waals surface area contributed by atoms with Crippen molar-refractivity contribution < 1.29 is 26.4 Å². The third-order valence-corrected chi connectivity index (χ3v) is 9.62. The average Bonchev–Trinajstić information content (AvgIpc) is 2.95. The number of nitrogen functional groups attached to an aromatic ring is 2. The Morgan fingerprint density at radius 1 is 0.545 bits per heavy atom. The third-order valence-electron chi connectivity index (χ3n) is 6.87. The Bertz CT molecular complexity index is 1320. The summed E-state index contributed by atoms with van der Waals surface area (Å²) < 4.78 is 50.6. The molecule has 0 unspecified atom stereocenters. The fraction of sp³-hybridized carbons (Fsp3) is 0.548. The van der Waals surface area contributed by atoms with Crippen LogP contribution < -0.4 is 26.6 Å². The van der Waals surface area contributed by atoms with Gasteiger partial charge in [0.2, 0.25) is 5.91 Å². The molecule has 2 aromatic carbocycles. The van der Waals surface area contributed by atoms with Crippen molar-refractivity contribution in [3.63, 3.8) is 0 Å². The monoisotopic (exact) mass is 653 g/mol. The van der Waals surface area contributed by atoms with Crippen LogP contribution in [0.3, 0.4) is 0 Å². The number of carbonyl (C=O) groups excluding carboxylic acids is 2. The molecule has 44 heavy (non-hydrogen) atoms. The molecule has 0 radical (unpaired) electrons. The molecule has 0 aliphatic carbocycles. The number of urea groups is 1. The molecule has 0 saturated heterocycles. The summed E-state index contributed by atoms with van der Waals surface area (Å²) in [7, 11) is -7.66. The van der Waals surface area contributed by atoms with Crippen LogP contribution in [0.5, 0.6) is 0 Å². The lowest BCUT2D eigenvalue weighted by Gasteiger charge is -2.07. The van der Waals surface area contributed by atoms with E-state index in [2.05, 4.69) is 11.6 Å². The van der Waals surface area contributed by atoms with Crippen LogP contribution in [0, 0.1) is 0 Å². The van der Waals surface area contributed by atoms with E-state index < -0.39 is 32.0 Å². The molecule has 13 heteroatoms. The maximum absolute atomic E-state index is 12.1. The number of amides is 3. The molecule has 0 saturated carbocycles. The normalized spacial score (nSPS) is 11.3. The molecular weight excluding hydrogens is 603 g/mol. The van der Waals surface area contributed by atoms with E-state index in [1.165, 1.54) is 126 Å². The van der Waals surface area contributed by atoms with E-state index in [1.807, 2.05) is 0 Å². The van der Waals surface area contributed by atoms with E-state index >= 15 is 0 Å². The second-order valence-electron chi connectivity index (χ2n) is 10.8. The molecule has 3 amide bonds. The van der Waals surface area contributed by atoms with Gasteiger partial charge in [0.15, 0.2) is 0 Å². The van der Waals surface area contributed by atoms with Crippen LogP contribution in [0.1, 0.15) is 110 Å². The number of anilines is 2. The highest BCUT2D eigenvalue weighted by molar-refractivity contribution is 7.90. The fourth-order valence-electron chi connectivity index (χ4n) is 4.40. The number of benzene rings is 2. The number of nitrogens with one attached hydrogen (secondary N) is 2. The van der Waals surface area contributed by atoms with E-state index in [-0.39, 0.29) is 16.2 Å². The molecular formula is C31H51N5O6S2. The van der Waals surface area contributed by atoms with Gasteiger partial charge in [-0.1, -0.05) is 96.8 Å². The van der Waals surface area contributed by atoms with E-state index in [0.717, 1.165) is 19.3 Å². The standard InChI is InChI=1S/C24H42N2O3S.C7H9N3O3S/c1-2-3-4-5-6-7-8-9-10-11-12-13-14-15-16-17-24(27)26-30(28,29)23-20-18-22(25)19-21-23;8-5-1-3-6(4-2-5)14(12,13)10-7(9)11/h18-21H,2-17,25H2,1H3,(H,26,27);1-4H,8H2,(H3,9,10,11). The Balaban J connectivity index is 0.000000574. The van der Waals surface area contributed by atoms with Crippen LogP contribution in [0.25, 0.3) is 0 Å². The molecule has 0 aliphatic heterocycles. The zero-order valence-electron chi connectivity index (χ0n) is 25.9. The number of primary amides is 1. The first-order valence-electron chi connectivity index (χ1n) is 15.5. The number of sulfonamides is 2. The zero-order chi connectivity index (χ0) is 32.8. The van der Waals surface area contributed by atoms with Gasteiger partial charge in [-0.15, -0.1) is 0 Å². The van der Waals surface area contributed by atoms with Gasteiger partial charge in [-0.05, 0) is 55.0 Å². The Morgan fingerprint density at radius 3 is 1.20 bits per heavy atom. The maximum atomic E-state index is 12.1. The molecule has 11 nitrogen and oxygen atoms in total. The van der Waals surface area contributed by atoms with Gasteiger partial charge in [-0.3, -0.25) is 4.79 Å². The summed E-state index contributed by atoms with van der Waals surface area (Å²) >= 11 is 0. The van der Waals surface area contributed by atoms with Crippen molar-refractivity contribution in [1.82, 2.24) is 9.44 Å². The van der Waals surface area contributed by atoms with Crippen molar-refractivity contribution in [1.29, 1.82) is 0 Å². The quantitative estimate of drug-likeness (QED) is 0.0849. The lowest BCUT2D eigenvalue weighted by molar-refractivity contribution is -0.119. The minimum absolute atomic E-state index is 0.0570. The number of nitrogens with two attached hydrogens (primary N) is 3. The van der Waals surface area contributed by atoms with Gasteiger partial charge in [0, 0.05) is 17.8 Å². The maximum Gasteiger partial charge on any atom is 0.326 e. The van der Waals surface area contributed by atoms with Crippen LogP contribution in [0.2, 0.25) is 0 Å². The number of hydrogen-bond donors (Lipinski definition) is 5. The minimum atomic E-state index is -3.86. The lowest BCUT2D eigenvalue weighted by Crippen LogP contribution is -2.34. The predicted octanol–water partition coefficient (Wildman–Crippen LogP) is 5.96. The second-order valence-corrected chi connectivity index (χ2v) is 14.2. The van der Waals surface area contributed by atoms with Crippen molar-refractivity contribution >= 4 is 43.4 Å². The zero-order valence-corrected chi connectivity index (χ0v) is 27.6. The molecule has 0 atom stereocenters. The van der Waals surface area contributed by atoms with Crippen molar-refractivity contribution in [2.24, 2.45) is 5.73 Å². The highest BCUT2D eigenvalue weighted by Gasteiger charge is 2.17. The number of unbranched alkanes of at least 4 members (excludes halogenated alkanes) is 14. The summed E-state index contributed by atoms with van der Waals surface area (Å²) in [5.74, 6) is -0.443. The predicted molar refractivity (Wildman–Crippen MR) is 176 cm³/mol. The Hall–Kier alpha value is -3.32. The van der Waals surface area contributed by atoms with E-state index in [0.29, 0.717) is 11.4 Å². The SMILES string of the molecule is CCCCCCCCCCCCCCCCCC(=O)NS(=O)(=O)c1ccc(N)cc1.NC(=O)NS(=O)(=O)c1ccc(N)cc1. The Kier molecular flexibility index (Phi) is 18.8. The molecule has 248 valence electrons. The summed E-state index contributed by atoms with van der Waals surface area (Å²) in [5.41, 5.74) is 16.5. The topological polar surface area (TPSA) is 205 Å². The summed E-state index contributed by atoms with van der Waals surface area (Å²) in [4.78, 5) is 22.3. The number of rotatable bonds is 20. The van der Waals surface area contributed by atoms with Gasteiger partial charge >= 0.3 is 6.03 Å². The first kappa shape index (κ1) is 38.7. The van der Waals surface area contributed by atoms with Crippen molar-refractivity contribution in [2.45, 2.75) is 119 Å². The second kappa shape index (κ2) is 21.4. The van der Waals surface area contributed by atoms with Crippen LogP contribution in [0.15, 0.2) is 58.3 Å². The molecule has 8 N–H and O–H groups in total. The van der Waals surface area contributed by atoms with Crippen LogP contribution in [0.4, 0.5) is 16.2 Å². The highest BCUT2D eigenvalue weighted by Crippen LogP contribution is 2.15. The van der Waals surface area contributed by atoms with Crippen molar-refractivity contribution in [2.75, 3.05) is 11.5 Å². The Morgan fingerprint density at radius 2 is 0.864 bits per heavy atom.